The molecule has 1 aromatic heterocycles. The van der Waals surface area contributed by atoms with E-state index in [1.165, 1.54) is 43.6 Å². The second-order valence-electron chi connectivity index (χ2n) is 12.9. The van der Waals surface area contributed by atoms with E-state index in [-0.39, 0.29) is 0 Å². The molecule has 2 nitrogen and oxygen atoms in total. The minimum atomic E-state index is 0.869. The molecule has 9 aromatic carbocycles. The number of furan rings is 1. The van der Waals surface area contributed by atoms with E-state index in [0.29, 0.717) is 0 Å². The summed E-state index contributed by atoms with van der Waals surface area (Å²) in [5, 5.41) is 9.49. The predicted molar refractivity (Wildman–Crippen MR) is 212 cm³/mol. The zero-order valence-corrected chi connectivity index (χ0v) is 27.3. The molecule has 0 aliphatic carbocycles. The highest BCUT2D eigenvalue weighted by molar-refractivity contribution is 6.20. The Morgan fingerprint density at radius 3 is 1.78 bits per heavy atom. The van der Waals surface area contributed by atoms with Gasteiger partial charge in [-0.1, -0.05) is 152 Å². The molecule has 0 atom stereocenters. The standard InChI is InChI=1S/C48H31NO/c1-2-12-32(13-3-1)33-24-28-36(29-25-33)49(45-22-11-23-46-47(45)43-31-27-35-15-5-7-17-38(35)48(43)50-46)44-21-9-8-18-42(44)40-20-10-19-39-37-16-6-4-14-34(37)26-30-41(39)40/h1-31H. The normalized spacial score (nSPS) is 11.6. The van der Waals surface area contributed by atoms with Crippen LogP contribution >= 0.6 is 0 Å². The van der Waals surface area contributed by atoms with Crippen molar-refractivity contribution < 1.29 is 4.42 Å². The number of fused-ring (bicyclic) bond motifs is 8. The molecule has 234 valence electrons. The zero-order chi connectivity index (χ0) is 33.0. The van der Waals surface area contributed by atoms with Crippen LogP contribution in [0.15, 0.2) is 192 Å². The fourth-order valence-corrected chi connectivity index (χ4v) is 7.73. The molecule has 0 spiro atoms. The van der Waals surface area contributed by atoms with Crippen molar-refractivity contribution in [1.29, 1.82) is 0 Å². The Hall–Kier alpha value is -6.64. The Morgan fingerprint density at radius 2 is 0.940 bits per heavy atom. The average molecular weight is 638 g/mol. The first-order valence-corrected chi connectivity index (χ1v) is 17.1. The fraction of sp³-hybridized carbons (Fsp3) is 0. The number of benzene rings is 9. The van der Waals surface area contributed by atoms with Crippen molar-refractivity contribution in [2.75, 3.05) is 4.90 Å². The monoisotopic (exact) mass is 637 g/mol. The SMILES string of the molecule is c1ccc(-c2ccc(N(c3ccccc3-c3cccc4c3ccc3ccccc34)c3cccc4oc5c6ccccc6ccc5c34)cc2)cc1. The second-order valence-corrected chi connectivity index (χ2v) is 12.9. The van der Waals surface area contributed by atoms with Crippen LogP contribution in [0, 0.1) is 0 Å². The quantitative estimate of drug-likeness (QED) is 0.175. The van der Waals surface area contributed by atoms with Gasteiger partial charge in [-0.25, -0.2) is 0 Å². The van der Waals surface area contributed by atoms with Gasteiger partial charge >= 0.3 is 0 Å². The number of anilines is 3. The molecule has 0 fully saturated rings. The first kappa shape index (κ1) is 28.4. The molecule has 0 amide bonds. The molecular formula is C48H31NO. The van der Waals surface area contributed by atoms with Gasteiger partial charge in [-0.15, -0.1) is 0 Å². The Balaban J connectivity index is 1.25. The highest BCUT2D eigenvalue weighted by atomic mass is 16.3. The highest BCUT2D eigenvalue weighted by Gasteiger charge is 2.23. The average Bonchev–Trinajstić information content (AvgIpc) is 3.59. The summed E-state index contributed by atoms with van der Waals surface area (Å²) in [4.78, 5) is 2.41. The summed E-state index contributed by atoms with van der Waals surface area (Å²) in [6.45, 7) is 0. The third-order valence-corrected chi connectivity index (χ3v) is 10.1. The molecule has 0 N–H and O–H groups in total. The molecule has 0 unspecified atom stereocenters. The van der Waals surface area contributed by atoms with E-state index in [9.17, 15) is 0 Å². The van der Waals surface area contributed by atoms with Gasteiger partial charge in [0.1, 0.15) is 11.2 Å². The van der Waals surface area contributed by atoms with Crippen LogP contribution in [0.3, 0.4) is 0 Å². The van der Waals surface area contributed by atoms with Crippen LogP contribution in [0.1, 0.15) is 0 Å². The summed E-state index contributed by atoms with van der Waals surface area (Å²) >= 11 is 0. The number of nitrogens with zero attached hydrogens (tertiary/aromatic N) is 1. The Bertz CT molecular complexity index is 2870. The highest BCUT2D eigenvalue weighted by Crippen LogP contribution is 2.48. The Labute approximate surface area is 290 Å². The van der Waals surface area contributed by atoms with Crippen molar-refractivity contribution in [3.8, 4) is 22.3 Å². The number of para-hydroxylation sites is 1. The van der Waals surface area contributed by atoms with Crippen LogP contribution in [-0.4, -0.2) is 0 Å². The van der Waals surface area contributed by atoms with E-state index in [1.807, 2.05) is 0 Å². The van der Waals surface area contributed by atoms with Crippen LogP contribution in [0.4, 0.5) is 17.1 Å². The molecule has 0 aliphatic heterocycles. The smallest absolute Gasteiger partial charge is 0.143 e. The second kappa shape index (κ2) is 11.5. The lowest BCUT2D eigenvalue weighted by atomic mass is 9.93. The molecule has 0 aliphatic rings. The Morgan fingerprint density at radius 1 is 0.340 bits per heavy atom. The summed E-state index contributed by atoms with van der Waals surface area (Å²) in [5.41, 5.74) is 9.77. The van der Waals surface area contributed by atoms with Crippen LogP contribution in [-0.2, 0) is 0 Å². The zero-order valence-electron chi connectivity index (χ0n) is 27.3. The van der Waals surface area contributed by atoms with Gasteiger partial charge < -0.3 is 9.32 Å². The van der Waals surface area contributed by atoms with Gasteiger partial charge in [0.05, 0.1) is 16.8 Å². The van der Waals surface area contributed by atoms with Gasteiger partial charge in [0.2, 0.25) is 0 Å². The summed E-state index contributed by atoms with van der Waals surface area (Å²) in [6.07, 6.45) is 0. The van der Waals surface area contributed by atoms with E-state index in [0.717, 1.165) is 50.0 Å². The third-order valence-electron chi connectivity index (χ3n) is 10.1. The number of hydrogen-bond donors (Lipinski definition) is 0. The van der Waals surface area contributed by atoms with Crippen LogP contribution in [0.5, 0.6) is 0 Å². The summed E-state index contributed by atoms with van der Waals surface area (Å²) < 4.78 is 6.69. The van der Waals surface area contributed by atoms with Gasteiger partial charge in [-0.2, -0.15) is 0 Å². The summed E-state index contributed by atoms with van der Waals surface area (Å²) in [5.74, 6) is 0. The van der Waals surface area contributed by atoms with Crippen LogP contribution in [0.2, 0.25) is 0 Å². The minimum Gasteiger partial charge on any atom is -0.455 e. The first-order valence-electron chi connectivity index (χ1n) is 17.1. The van der Waals surface area contributed by atoms with E-state index in [4.69, 9.17) is 4.42 Å². The molecule has 1 heterocycles. The van der Waals surface area contributed by atoms with E-state index < -0.39 is 0 Å². The van der Waals surface area contributed by atoms with E-state index >= 15 is 0 Å². The van der Waals surface area contributed by atoms with Crippen molar-refractivity contribution in [1.82, 2.24) is 0 Å². The molecule has 50 heavy (non-hydrogen) atoms. The van der Waals surface area contributed by atoms with Gasteiger partial charge in [0.15, 0.2) is 0 Å². The largest absolute Gasteiger partial charge is 0.455 e. The molecular weight excluding hydrogens is 607 g/mol. The molecule has 0 bridgehead atoms. The lowest BCUT2D eigenvalue weighted by molar-refractivity contribution is 0.672. The van der Waals surface area contributed by atoms with E-state index in [1.54, 1.807) is 0 Å². The Kier molecular flexibility index (Phi) is 6.53. The minimum absolute atomic E-state index is 0.869. The lowest BCUT2D eigenvalue weighted by Crippen LogP contribution is -2.11. The topological polar surface area (TPSA) is 16.4 Å². The maximum atomic E-state index is 6.69. The van der Waals surface area contributed by atoms with Crippen molar-refractivity contribution in [3.05, 3.63) is 188 Å². The van der Waals surface area contributed by atoms with Crippen molar-refractivity contribution >= 4 is 71.3 Å². The molecule has 0 radical (unpaired) electrons. The van der Waals surface area contributed by atoms with Crippen molar-refractivity contribution in [3.63, 3.8) is 0 Å². The van der Waals surface area contributed by atoms with Crippen molar-refractivity contribution in [2.24, 2.45) is 0 Å². The third kappa shape index (κ3) is 4.50. The van der Waals surface area contributed by atoms with Gasteiger partial charge in [0, 0.05) is 22.0 Å². The molecule has 2 heteroatoms. The van der Waals surface area contributed by atoms with Crippen LogP contribution in [0.25, 0.3) is 76.5 Å². The van der Waals surface area contributed by atoms with Gasteiger partial charge in [0.25, 0.3) is 0 Å². The first-order chi connectivity index (χ1) is 24.8. The van der Waals surface area contributed by atoms with Crippen LogP contribution < -0.4 is 4.90 Å². The summed E-state index contributed by atoms with van der Waals surface area (Å²) in [7, 11) is 0. The molecule has 10 rings (SSSR count). The lowest BCUT2D eigenvalue weighted by Gasteiger charge is -2.29. The maximum Gasteiger partial charge on any atom is 0.143 e. The van der Waals surface area contributed by atoms with Crippen molar-refractivity contribution in [2.45, 2.75) is 0 Å². The van der Waals surface area contributed by atoms with Gasteiger partial charge in [-0.05, 0) is 80.0 Å². The predicted octanol–water partition coefficient (Wildman–Crippen LogP) is 13.8. The molecule has 10 aromatic rings. The molecule has 0 saturated heterocycles. The van der Waals surface area contributed by atoms with Gasteiger partial charge in [-0.3, -0.25) is 0 Å². The number of rotatable bonds is 5. The summed E-state index contributed by atoms with van der Waals surface area (Å²) in [6, 6.07) is 67.5. The fourth-order valence-electron chi connectivity index (χ4n) is 7.73. The van der Waals surface area contributed by atoms with E-state index in [2.05, 4.69) is 193 Å². The maximum absolute atomic E-state index is 6.69. The number of hydrogen-bond acceptors (Lipinski definition) is 2. The molecule has 0 saturated carbocycles.